The van der Waals surface area contributed by atoms with Gasteiger partial charge in [-0.25, -0.2) is 15.0 Å². The van der Waals surface area contributed by atoms with Gasteiger partial charge in [-0.15, -0.1) is 0 Å². The zero-order valence-electron chi connectivity index (χ0n) is 7.16. The van der Waals surface area contributed by atoms with Crippen LogP contribution in [0, 0.1) is 0 Å². The van der Waals surface area contributed by atoms with Crippen LogP contribution in [0.4, 0.5) is 0 Å². The standard InChI is InChI=1S/C8H5BrClN3S/c1-14-8-12-2-4-5(9)3-11-7(10)6(4)13-8/h2-3H,1H3. The topological polar surface area (TPSA) is 38.7 Å². The third-order valence-electron chi connectivity index (χ3n) is 1.69. The maximum atomic E-state index is 5.93. The van der Waals surface area contributed by atoms with Crippen molar-refractivity contribution < 1.29 is 0 Å². The molecular weight excluding hydrogens is 286 g/mol. The monoisotopic (exact) mass is 289 g/mol. The van der Waals surface area contributed by atoms with Crippen LogP contribution in [0.25, 0.3) is 10.9 Å². The average Bonchev–Trinajstić information content (AvgIpc) is 2.23. The van der Waals surface area contributed by atoms with Crippen molar-refractivity contribution in [1.29, 1.82) is 0 Å². The second-order valence-electron chi connectivity index (χ2n) is 2.52. The first-order valence-electron chi connectivity index (χ1n) is 3.73. The van der Waals surface area contributed by atoms with Gasteiger partial charge < -0.3 is 0 Å². The van der Waals surface area contributed by atoms with Crippen LogP contribution in [0.1, 0.15) is 0 Å². The Hall–Kier alpha value is -0.390. The molecule has 2 heterocycles. The van der Waals surface area contributed by atoms with Crippen molar-refractivity contribution in [1.82, 2.24) is 15.0 Å². The Morgan fingerprint density at radius 3 is 2.86 bits per heavy atom. The molecule has 0 spiro atoms. The Bertz CT molecular complexity index is 491. The highest BCUT2D eigenvalue weighted by Crippen LogP contribution is 2.26. The fraction of sp³-hybridized carbons (Fsp3) is 0.125. The lowest BCUT2D eigenvalue weighted by Crippen LogP contribution is -1.90. The summed E-state index contributed by atoms with van der Waals surface area (Å²) in [6, 6.07) is 0. The summed E-state index contributed by atoms with van der Waals surface area (Å²) in [5.74, 6) is 0. The molecule has 14 heavy (non-hydrogen) atoms. The van der Waals surface area contributed by atoms with Crippen LogP contribution in [-0.4, -0.2) is 21.2 Å². The van der Waals surface area contributed by atoms with Crippen molar-refractivity contribution in [2.24, 2.45) is 0 Å². The van der Waals surface area contributed by atoms with Crippen LogP contribution in [0.2, 0.25) is 5.15 Å². The predicted molar refractivity (Wildman–Crippen MR) is 61.8 cm³/mol. The first-order chi connectivity index (χ1) is 6.72. The second kappa shape index (κ2) is 4.00. The van der Waals surface area contributed by atoms with E-state index in [0.29, 0.717) is 15.8 Å². The number of pyridine rings is 1. The van der Waals surface area contributed by atoms with E-state index in [0.717, 1.165) is 9.86 Å². The summed E-state index contributed by atoms with van der Waals surface area (Å²) >= 11 is 10.8. The molecule has 2 aromatic heterocycles. The molecule has 72 valence electrons. The van der Waals surface area contributed by atoms with Gasteiger partial charge in [0.25, 0.3) is 0 Å². The number of nitrogens with zero attached hydrogens (tertiary/aromatic N) is 3. The Morgan fingerprint density at radius 1 is 1.36 bits per heavy atom. The summed E-state index contributed by atoms with van der Waals surface area (Å²) < 4.78 is 0.851. The molecule has 3 nitrogen and oxygen atoms in total. The summed E-state index contributed by atoms with van der Waals surface area (Å²) in [5.41, 5.74) is 0.681. The molecule has 0 aliphatic carbocycles. The molecule has 0 amide bonds. The molecule has 2 rings (SSSR count). The van der Waals surface area contributed by atoms with Gasteiger partial charge in [0.1, 0.15) is 5.52 Å². The van der Waals surface area contributed by atoms with Crippen molar-refractivity contribution >= 4 is 50.2 Å². The van der Waals surface area contributed by atoms with Gasteiger partial charge in [-0.2, -0.15) is 0 Å². The van der Waals surface area contributed by atoms with E-state index in [1.54, 1.807) is 12.4 Å². The largest absolute Gasteiger partial charge is 0.241 e. The molecule has 0 fully saturated rings. The SMILES string of the molecule is CSc1ncc2c(Br)cnc(Cl)c2n1. The number of aromatic nitrogens is 3. The van der Waals surface area contributed by atoms with Gasteiger partial charge in [-0.3, -0.25) is 0 Å². The molecule has 0 radical (unpaired) electrons. The maximum absolute atomic E-state index is 5.93. The number of thioether (sulfide) groups is 1. The van der Waals surface area contributed by atoms with Gasteiger partial charge in [0.2, 0.25) is 0 Å². The van der Waals surface area contributed by atoms with Gasteiger partial charge in [0.05, 0.1) is 0 Å². The second-order valence-corrected chi connectivity index (χ2v) is 4.50. The molecule has 0 saturated carbocycles. The third-order valence-corrected chi connectivity index (χ3v) is 3.16. The zero-order valence-corrected chi connectivity index (χ0v) is 10.3. The van der Waals surface area contributed by atoms with Crippen molar-refractivity contribution in [2.75, 3.05) is 6.26 Å². The number of halogens is 2. The number of fused-ring (bicyclic) bond motifs is 1. The minimum Gasteiger partial charge on any atom is -0.241 e. The first-order valence-corrected chi connectivity index (χ1v) is 6.12. The molecule has 0 bridgehead atoms. The zero-order chi connectivity index (χ0) is 10.1. The molecule has 2 aromatic rings. The molecule has 0 N–H and O–H groups in total. The molecule has 0 atom stereocenters. The van der Waals surface area contributed by atoms with Crippen LogP contribution >= 0.6 is 39.3 Å². The van der Waals surface area contributed by atoms with E-state index >= 15 is 0 Å². The van der Waals surface area contributed by atoms with Crippen molar-refractivity contribution in [3.8, 4) is 0 Å². The van der Waals surface area contributed by atoms with Crippen molar-refractivity contribution in [3.63, 3.8) is 0 Å². The van der Waals surface area contributed by atoms with E-state index < -0.39 is 0 Å². The lowest BCUT2D eigenvalue weighted by molar-refractivity contribution is 1.00. The Labute approximate surface area is 98.4 Å². The smallest absolute Gasteiger partial charge is 0.187 e. The molecule has 0 unspecified atom stereocenters. The van der Waals surface area contributed by atoms with Crippen molar-refractivity contribution in [2.45, 2.75) is 5.16 Å². The fourth-order valence-electron chi connectivity index (χ4n) is 1.04. The normalized spacial score (nSPS) is 10.8. The predicted octanol–water partition coefficient (Wildman–Crippen LogP) is 3.16. The van der Waals surface area contributed by atoms with Gasteiger partial charge in [-0.05, 0) is 22.2 Å². The molecule has 0 aliphatic rings. The summed E-state index contributed by atoms with van der Waals surface area (Å²) in [6.07, 6.45) is 5.30. The number of hydrogen-bond donors (Lipinski definition) is 0. The highest BCUT2D eigenvalue weighted by atomic mass is 79.9. The third kappa shape index (κ3) is 1.71. The van der Waals surface area contributed by atoms with E-state index in [9.17, 15) is 0 Å². The minimum absolute atomic E-state index is 0.404. The highest BCUT2D eigenvalue weighted by Gasteiger charge is 2.07. The van der Waals surface area contributed by atoms with Crippen molar-refractivity contribution in [3.05, 3.63) is 22.0 Å². The molecule has 6 heteroatoms. The molecular formula is C8H5BrClN3S. The summed E-state index contributed by atoms with van der Waals surface area (Å²) in [5, 5.41) is 1.98. The molecule has 0 saturated heterocycles. The first kappa shape index (κ1) is 10.1. The van der Waals surface area contributed by atoms with E-state index in [2.05, 4.69) is 30.9 Å². The van der Waals surface area contributed by atoms with Gasteiger partial charge >= 0.3 is 0 Å². The minimum atomic E-state index is 0.404. The highest BCUT2D eigenvalue weighted by molar-refractivity contribution is 9.10. The Morgan fingerprint density at radius 2 is 2.14 bits per heavy atom. The summed E-state index contributed by atoms with van der Waals surface area (Å²) in [6.45, 7) is 0. The quantitative estimate of drug-likeness (QED) is 0.459. The van der Waals surface area contributed by atoms with Crippen LogP contribution < -0.4 is 0 Å². The van der Waals surface area contributed by atoms with Crippen LogP contribution in [0.15, 0.2) is 22.0 Å². The molecule has 0 aliphatic heterocycles. The van der Waals surface area contributed by atoms with E-state index in [-0.39, 0.29) is 0 Å². The lowest BCUT2D eigenvalue weighted by Gasteiger charge is -2.02. The summed E-state index contributed by atoms with van der Waals surface area (Å²) in [7, 11) is 0. The van der Waals surface area contributed by atoms with E-state index in [4.69, 9.17) is 11.6 Å². The number of rotatable bonds is 1. The van der Waals surface area contributed by atoms with Gasteiger partial charge in [0, 0.05) is 22.3 Å². The van der Waals surface area contributed by atoms with Gasteiger partial charge in [-0.1, -0.05) is 23.4 Å². The van der Waals surface area contributed by atoms with E-state index in [1.165, 1.54) is 11.8 Å². The van der Waals surface area contributed by atoms with Crippen LogP contribution in [-0.2, 0) is 0 Å². The Balaban J connectivity index is 2.80. The average molecular weight is 291 g/mol. The van der Waals surface area contributed by atoms with Crippen LogP contribution in [0.5, 0.6) is 0 Å². The van der Waals surface area contributed by atoms with Gasteiger partial charge in [0.15, 0.2) is 10.3 Å². The number of hydrogen-bond acceptors (Lipinski definition) is 4. The Kier molecular flexibility index (Phi) is 2.90. The molecule has 0 aromatic carbocycles. The van der Waals surface area contributed by atoms with Crippen LogP contribution in [0.3, 0.4) is 0 Å². The van der Waals surface area contributed by atoms with E-state index in [1.807, 2.05) is 6.26 Å². The maximum Gasteiger partial charge on any atom is 0.187 e. The summed E-state index contributed by atoms with van der Waals surface area (Å²) in [4.78, 5) is 12.4. The fourth-order valence-corrected chi connectivity index (χ4v) is 1.97. The lowest BCUT2D eigenvalue weighted by atomic mass is 10.3.